The van der Waals surface area contributed by atoms with Crippen molar-refractivity contribution in [2.75, 3.05) is 5.32 Å². The molecule has 200 valence electrons. The highest BCUT2D eigenvalue weighted by Crippen LogP contribution is 3.02. The Balaban J connectivity index is 1.53. The van der Waals surface area contributed by atoms with Crippen LogP contribution in [0.2, 0.25) is 0 Å². The Labute approximate surface area is 218 Å². The summed E-state index contributed by atoms with van der Waals surface area (Å²) >= 11 is 0. The van der Waals surface area contributed by atoms with Crippen molar-refractivity contribution < 1.29 is 24.2 Å². The lowest BCUT2D eigenvalue weighted by Crippen LogP contribution is -2.15. The molecule has 5 rings (SSSR count). The van der Waals surface area contributed by atoms with E-state index in [2.05, 4.69) is 20.6 Å². The predicted molar refractivity (Wildman–Crippen MR) is 136 cm³/mol. The van der Waals surface area contributed by atoms with Crippen LogP contribution in [0.1, 0.15) is 27.0 Å². The summed E-state index contributed by atoms with van der Waals surface area (Å²) in [5, 5.41) is 24.0. The first kappa shape index (κ1) is 25.9. The van der Waals surface area contributed by atoms with Crippen molar-refractivity contribution in [1.29, 1.82) is 5.26 Å². The van der Waals surface area contributed by atoms with Gasteiger partial charge in [-0.05, 0) is 61.4 Å². The molecule has 2 aromatic carbocycles. The van der Waals surface area contributed by atoms with Crippen LogP contribution in [0.3, 0.4) is 0 Å². The maximum absolute atomic E-state index is 13.4. The maximum atomic E-state index is 13.4. The van der Waals surface area contributed by atoms with Crippen LogP contribution in [0.4, 0.5) is 25.1 Å². The number of hydrogen-bond donors (Lipinski definition) is 1. The second kappa shape index (κ2) is 8.11. The normalized spacial score (nSPS) is 13.5. The molecule has 3 aromatic heterocycles. The fourth-order valence-corrected chi connectivity index (χ4v) is 4.79. The molecule has 0 saturated heterocycles. The number of rotatable bonds is 5. The quantitative estimate of drug-likeness (QED) is 0.234. The predicted octanol–water partition coefficient (Wildman–Crippen LogP) is 6.98. The third kappa shape index (κ3) is 5.04. The molecule has 0 aliphatic rings. The molecule has 0 aliphatic carbocycles. The first-order valence-electron chi connectivity index (χ1n) is 11.2. The second-order valence-corrected chi connectivity index (χ2v) is 11.3. The number of aryl methyl sites for hydroxylation is 2. The van der Waals surface area contributed by atoms with Gasteiger partial charge in [-0.25, -0.2) is 4.52 Å². The zero-order chi connectivity index (χ0) is 28.2. The van der Waals surface area contributed by atoms with E-state index in [1.807, 2.05) is 6.92 Å². The molecule has 5 aromatic rings. The van der Waals surface area contributed by atoms with Gasteiger partial charge in [0.25, 0.3) is 5.91 Å². The number of nitrogens with zero attached hydrogens (tertiary/aromatic N) is 6. The van der Waals surface area contributed by atoms with Gasteiger partial charge in [-0.15, -0.1) is 5.10 Å². The fraction of sp³-hybridized carbons (Fsp3) is 0.0800. The zero-order valence-corrected chi connectivity index (χ0v) is 21.1. The number of carbonyl (C=O) groups is 1. The lowest BCUT2D eigenvalue weighted by atomic mass is 10.1. The van der Waals surface area contributed by atoms with Crippen LogP contribution in [0.15, 0.2) is 72.0 Å². The molecule has 39 heavy (non-hydrogen) atoms. The summed E-state index contributed by atoms with van der Waals surface area (Å²) in [5.74, 6) is -1.08. The molecule has 14 heteroatoms. The van der Waals surface area contributed by atoms with Gasteiger partial charge >= 0.3 is 10.2 Å². The van der Waals surface area contributed by atoms with Gasteiger partial charge in [0.15, 0.2) is 0 Å². The topological polar surface area (TPSA) is 101 Å². The molecule has 0 atom stereocenters. The maximum Gasteiger partial charge on any atom is 0.310 e. The highest BCUT2D eigenvalue weighted by Gasteiger charge is 2.65. The van der Waals surface area contributed by atoms with E-state index in [4.69, 9.17) is 5.26 Å². The largest absolute Gasteiger partial charge is 0.322 e. The number of nitrogens with one attached hydrogen (secondary N) is 1. The fourth-order valence-electron chi connectivity index (χ4n) is 4.09. The summed E-state index contributed by atoms with van der Waals surface area (Å²) in [6.07, 6.45) is 4.99. The third-order valence-electron chi connectivity index (χ3n) is 5.95. The summed E-state index contributed by atoms with van der Waals surface area (Å²) in [5.41, 5.74) is 2.57. The Bertz CT molecular complexity index is 1830. The molecule has 0 spiro atoms. The standard InChI is InChI=1S/C25H18F5N7OS/c1-15-8-16(2)23(36-6-7-37-24(36)13-22(35-37)20-4-3-5-32-34-20)12-21(15)33-25(38)18-9-17(14-31)10-19(11-18)39(26,27,28,29)30/h3-13H,1-2H3,(H,33,38). The molecule has 0 radical (unpaired) electrons. The van der Waals surface area contributed by atoms with Crippen molar-refractivity contribution in [1.82, 2.24) is 24.4 Å². The van der Waals surface area contributed by atoms with Gasteiger partial charge in [0.1, 0.15) is 21.9 Å². The number of anilines is 1. The van der Waals surface area contributed by atoms with E-state index in [1.165, 1.54) is 6.07 Å². The van der Waals surface area contributed by atoms with Gasteiger partial charge in [-0.3, -0.25) is 9.36 Å². The molecule has 0 saturated carbocycles. The molecule has 0 aliphatic heterocycles. The highest BCUT2D eigenvalue weighted by atomic mass is 32.5. The van der Waals surface area contributed by atoms with Crippen molar-refractivity contribution in [2.45, 2.75) is 18.7 Å². The summed E-state index contributed by atoms with van der Waals surface area (Å²) < 4.78 is 70.6. The number of benzene rings is 2. The van der Waals surface area contributed by atoms with Crippen molar-refractivity contribution in [3.8, 4) is 23.1 Å². The van der Waals surface area contributed by atoms with E-state index in [0.717, 1.165) is 11.6 Å². The SMILES string of the molecule is Cc1cc(C)c(-n2ccn3nc(-c4cccnn4)cc23)cc1NC(=O)c1cc(C#N)cc(S(F)(F)(F)(F)F)c1. The van der Waals surface area contributed by atoms with Crippen molar-refractivity contribution in [2.24, 2.45) is 0 Å². The molecule has 0 unspecified atom stereocenters. The summed E-state index contributed by atoms with van der Waals surface area (Å²) in [6.45, 7) is 3.51. The van der Waals surface area contributed by atoms with Crippen LogP contribution in [0.5, 0.6) is 0 Å². The second-order valence-electron chi connectivity index (χ2n) is 8.84. The molecular weight excluding hydrogens is 541 g/mol. The highest BCUT2D eigenvalue weighted by molar-refractivity contribution is 8.45. The van der Waals surface area contributed by atoms with E-state index in [1.54, 1.807) is 64.9 Å². The van der Waals surface area contributed by atoms with Crippen LogP contribution < -0.4 is 5.32 Å². The number of nitriles is 1. The van der Waals surface area contributed by atoms with Gasteiger partial charge < -0.3 is 5.32 Å². The summed E-state index contributed by atoms with van der Waals surface area (Å²) in [4.78, 5) is 10.6. The van der Waals surface area contributed by atoms with Gasteiger partial charge in [-0.1, -0.05) is 25.5 Å². The molecule has 3 heterocycles. The molecule has 1 N–H and O–H groups in total. The average Bonchev–Trinajstić information content (AvgIpc) is 3.46. The Kier molecular flexibility index (Phi) is 5.38. The van der Waals surface area contributed by atoms with Gasteiger partial charge in [-0.2, -0.15) is 15.5 Å². The number of hydrogen-bond acceptors (Lipinski definition) is 5. The van der Waals surface area contributed by atoms with Crippen LogP contribution >= 0.6 is 10.2 Å². The van der Waals surface area contributed by atoms with E-state index in [9.17, 15) is 24.2 Å². The Hall–Kier alpha value is -4.77. The molecular formula is C25H18F5N7OS. The molecule has 0 bridgehead atoms. The number of carbonyl (C=O) groups excluding carboxylic acids is 1. The van der Waals surface area contributed by atoms with Gasteiger partial charge in [0, 0.05) is 35.9 Å². The van der Waals surface area contributed by atoms with Crippen molar-refractivity contribution >= 4 is 27.5 Å². The molecule has 8 nitrogen and oxygen atoms in total. The van der Waals surface area contributed by atoms with Crippen molar-refractivity contribution in [3.63, 3.8) is 0 Å². The van der Waals surface area contributed by atoms with Crippen LogP contribution in [0, 0.1) is 25.2 Å². The Morgan fingerprint density at radius 2 is 1.74 bits per heavy atom. The molecule has 0 fully saturated rings. The number of imidazole rings is 1. The minimum Gasteiger partial charge on any atom is -0.322 e. The lowest BCUT2D eigenvalue weighted by Gasteiger charge is -2.40. The smallest absolute Gasteiger partial charge is 0.310 e. The van der Waals surface area contributed by atoms with E-state index >= 15 is 0 Å². The number of amides is 1. The summed E-state index contributed by atoms with van der Waals surface area (Å²) in [7, 11) is -10.1. The van der Waals surface area contributed by atoms with Crippen LogP contribution in [0.25, 0.3) is 22.7 Å². The minimum atomic E-state index is -10.1. The third-order valence-corrected chi connectivity index (χ3v) is 7.07. The summed E-state index contributed by atoms with van der Waals surface area (Å²) in [6, 6.07) is 10.9. The van der Waals surface area contributed by atoms with Gasteiger partial charge in [0.2, 0.25) is 0 Å². The number of aromatic nitrogens is 5. The Morgan fingerprint density at radius 3 is 2.41 bits per heavy atom. The number of fused-ring (bicyclic) bond motifs is 1. The van der Waals surface area contributed by atoms with E-state index in [0.29, 0.717) is 28.3 Å². The number of halogens is 5. The monoisotopic (exact) mass is 559 g/mol. The first-order valence-corrected chi connectivity index (χ1v) is 13.2. The van der Waals surface area contributed by atoms with E-state index < -0.39 is 32.2 Å². The minimum absolute atomic E-state index is 0.0334. The zero-order valence-electron chi connectivity index (χ0n) is 20.2. The first-order chi connectivity index (χ1) is 18.1. The van der Waals surface area contributed by atoms with Gasteiger partial charge in [0.05, 0.1) is 17.3 Å². The van der Waals surface area contributed by atoms with E-state index in [-0.39, 0.29) is 17.8 Å². The average molecular weight is 560 g/mol. The van der Waals surface area contributed by atoms with Crippen LogP contribution in [-0.2, 0) is 0 Å². The molecule has 1 amide bonds. The van der Waals surface area contributed by atoms with Crippen molar-refractivity contribution in [3.05, 3.63) is 89.4 Å². The lowest BCUT2D eigenvalue weighted by molar-refractivity contribution is 0.102. The Morgan fingerprint density at radius 1 is 0.974 bits per heavy atom. The van der Waals surface area contributed by atoms with Crippen LogP contribution in [-0.4, -0.2) is 30.3 Å².